The fourth-order valence-corrected chi connectivity index (χ4v) is 3.17. The Morgan fingerprint density at radius 2 is 2.21 bits per heavy atom. The fraction of sp³-hybridized carbons (Fsp3) is 0.533. The zero-order valence-electron chi connectivity index (χ0n) is 11.0. The maximum absolute atomic E-state index is 12.7. The van der Waals surface area contributed by atoms with Gasteiger partial charge in [-0.3, -0.25) is 4.79 Å². The van der Waals surface area contributed by atoms with Crippen molar-refractivity contribution in [3.8, 4) is 5.75 Å². The lowest BCUT2D eigenvalue weighted by molar-refractivity contribution is -0.134. The number of ether oxygens (including phenoxy) is 1. The van der Waals surface area contributed by atoms with Crippen molar-refractivity contribution in [2.24, 2.45) is 5.73 Å². The molecule has 2 atom stereocenters. The smallest absolute Gasteiger partial charge is 0.230 e. The van der Waals surface area contributed by atoms with Crippen LogP contribution < -0.4 is 10.5 Å². The largest absolute Gasteiger partial charge is 0.493 e. The highest BCUT2D eigenvalue weighted by Crippen LogP contribution is 2.35. The van der Waals surface area contributed by atoms with Gasteiger partial charge in [-0.15, -0.1) is 0 Å². The Labute approximate surface area is 113 Å². The molecular weight excluding hydrogens is 240 g/mol. The van der Waals surface area contributed by atoms with Crippen molar-refractivity contribution in [3.05, 3.63) is 29.8 Å². The summed E-state index contributed by atoms with van der Waals surface area (Å²) in [6.07, 6.45) is 2.87. The van der Waals surface area contributed by atoms with Crippen LogP contribution in [0, 0.1) is 0 Å². The van der Waals surface area contributed by atoms with E-state index in [2.05, 4.69) is 0 Å². The second-order valence-corrected chi connectivity index (χ2v) is 5.29. The van der Waals surface area contributed by atoms with Crippen LogP contribution in [0.25, 0.3) is 0 Å². The summed E-state index contributed by atoms with van der Waals surface area (Å²) in [5.74, 6) is 1.02. The molecule has 19 heavy (non-hydrogen) atoms. The number of amides is 1. The number of para-hydroxylation sites is 1. The van der Waals surface area contributed by atoms with Crippen LogP contribution in [0.3, 0.4) is 0 Å². The monoisotopic (exact) mass is 260 g/mol. The minimum Gasteiger partial charge on any atom is -0.493 e. The number of hydrogen-bond donors (Lipinski definition) is 1. The number of nitrogens with two attached hydrogens (primary N) is 1. The van der Waals surface area contributed by atoms with Crippen LogP contribution in [0.4, 0.5) is 0 Å². The third kappa shape index (κ3) is 2.21. The Bertz CT molecular complexity index is 475. The average molecular weight is 260 g/mol. The molecule has 0 bridgehead atoms. The molecule has 4 heteroatoms. The van der Waals surface area contributed by atoms with E-state index in [1.54, 1.807) is 0 Å². The van der Waals surface area contributed by atoms with E-state index < -0.39 is 0 Å². The van der Waals surface area contributed by atoms with Crippen molar-refractivity contribution in [1.82, 2.24) is 4.90 Å². The summed E-state index contributed by atoms with van der Waals surface area (Å²) in [6, 6.07) is 8.09. The van der Waals surface area contributed by atoms with E-state index in [9.17, 15) is 4.79 Å². The van der Waals surface area contributed by atoms with Crippen molar-refractivity contribution in [2.45, 2.75) is 31.2 Å². The van der Waals surface area contributed by atoms with E-state index in [1.807, 2.05) is 29.2 Å². The van der Waals surface area contributed by atoms with E-state index in [0.717, 1.165) is 37.1 Å². The van der Waals surface area contributed by atoms with Crippen molar-refractivity contribution in [1.29, 1.82) is 0 Å². The third-order valence-corrected chi connectivity index (χ3v) is 4.19. The van der Waals surface area contributed by atoms with Gasteiger partial charge < -0.3 is 15.4 Å². The Balaban J connectivity index is 1.85. The van der Waals surface area contributed by atoms with Crippen LogP contribution >= 0.6 is 0 Å². The van der Waals surface area contributed by atoms with E-state index >= 15 is 0 Å². The minimum absolute atomic E-state index is 0.0582. The molecule has 0 aliphatic carbocycles. The molecule has 2 aliphatic rings. The highest BCUT2D eigenvalue weighted by atomic mass is 16.5. The molecule has 1 fully saturated rings. The molecule has 1 saturated heterocycles. The summed E-state index contributed by atoms with van der Waals surface area (Å²) in [5, 5.41) is 0. The lowest BCUT2D eigenvalue weighted by Gasteiger charge is -2.31. The van der Waals surface area contributed by atoms with Crippen LogP contribution in [0.5, 0.6) is 5.75 Å². The molecule has 0 aromatic heterocycles. The Morgan fingerprint density at radius 3 is 3.05 bits per heavy atom. The molecule has 4 nitrogen and oxygen atoms in total. The Hall–Kier alpha value is -1.55. The summed E-state index contributed by atoms with van der Waals surface area (Å²) in [7, 11) is 0. The predicted molar refractivity (Wildman–Crippen MR) is 73.1 cm³/mol. The number of hydrogen-bond acceptors (Lipinski definition) is 3. The Kier molecular flexibility index (Phi) is 3.42. The van der Waals surface area contributed by atoms with Gasteiger partial charge in [0.2, 0.25) is 5.91 Å². The minimum atomic E-state index is -0.0582. The summed E-state index contributed by atoms with van der Waals surface area (Å²) < 4.78 is 5.62. The number of likely N-dealkylation sites (tertiary alicyclic amines) is 1. The zero-order chi connectivity index (χ0) is 13.2. The number of nitrogens with zero attached hydrogens (tertiary/aromatic N) is 1. The van der Waals surface area contributed by atoms with E-state index in [0.29, 0.717) is 13.2 Å². The molecule has 2 aliphatic heterocycles. The second kappa shape index (κ2) is 5.21. The molecular formula is C15H20N2O2. The summed E-state index contributed by atoms with van der Waals surface area (Å²) >= 11 is 0. The lowest BCUT2D eigenvalue weighted by Crippen LogP contribution is -2.43. The molecule has 2 unspecified atom stereocenters. The maximum Gasteiger partial charge on any atom is 0.230 e. The molecule has 3 rings (SSSR count). The number of carbonyl (C=O) groups is 1. The second-order valence-electron chi connectivity index (χ2n) is 5.29. The first kappa shape index (κ1) is 12.5. The molecule has 1 aromatic rings. The van der Waals surface area contributed by atoms with Crippen LogP contribution in [-0.2, 0) is 4.79 Å². The van der Waals surface area contributed by atoms with Gasteiger partial charge in [0.05, 0.1) is 12.5 Å². The van der Waals surface area contributed by atoms with Crippen molar-refractivity contribution < 1.29 is 9.53 Å². The summed E-state index contributed by atoms with van der Waals surface area (Å²) in [5.41, 5.74) is 6.80. The molecule has 0 spiro atoms. The highest BCUT2D eigenvalue weighted by molar-refractivity contribution is 5.85. The van der Waals surface area contributed by atoms with Gasteiger partial charge in [0, 0.05) is 24.7 Å². The number of benzene rings is 1. The molecule has 2 N–H and O–H groups in total. The SMILES string of the molecule is NCC1CCCN1C(=O)C1CCOc2ccccc21. The molecule has 1 amide bonds. The van der Waals surface area contributed by atoms with Gasteiger partial charge in [0.15, 0.2) is 0 Å². The van der Waals surface area contributed by atoms with Crippen LogP contribution in [0.15, 0.2) is 24.3 Å². The molecule has 2 heterocycles. The lowest BCUT2D eigenvalue weighted by atomic mass is 9.91. The Morgan fingerprint density at radius 1 is 1.37 bits per heavy atom. The van der Waals surface area contributed by atoms with E-state index in [1.165, 1.54) is 0 Å². The maximum atomic E-state index is 12.7. The normalized spacial score (nSPS) is 25.8. The number of carbonyl (C=O) groups excluding carboxylic acids is 1. The fourth-order valence-electron chi connectivity index (χ4n) is 3.17. The van der Waals surface area contributed by atoms with Gasteiger partial charge in [-0.25, -0.2) is 0 Å². The molecule has 1 aromatic carbocycles. The first-order valence-electron chi connectivity index (χ1n) is 7.03. The van der Waals surface area contributed by atoms with Crippen LogP contribution in [-0.4, -0.2) is 36.5 Å². The van der Waals surface area contributed by atoms with Gasteiger partial charge in [-0.1, -0.05) is 18.2 Å². The molecule has 102 valence electrons. The van der Waals surface area contributed by atoms with Gasteiger partial charge in [-0.2, -0.15) is 0 Å². The molecule has 0 radical (unpaired) electrons. The van der Waals surface area contributed by atoms with Gasteiger partial charge in [0.1, 0.15) is 5.75 Å². The van der Waals surface area contributed by atoms with Gasteiger partial charge in [-0.05, 0) is 25.3 Å². The topological polar surface area (TPSA) is 55.6 Å². The third-order valence-electron chi connectivity index (χ3n) is 4.19. The molecule has 0 saturated carbocycles. The number of fused-ring (bicyclic) bond motifs is 1. The van der Waals surface area contributed by atoms with Crippen LogP contribution in [0.1, 0.15) is 30.7 Å². The highest BCUT2D eigenvalue weighted by Gasteiger charge is 2.35. The van der Waals surface area contributed by atoms with Crippen molar-refractivity contribution in [2.75, 3.05) is 19.7 Å². The number of rotatable bonds is 2. The van der Waals surface area contributed by atoms with Gasteiger partial charge in [0.25, 0.3) is 0 Å². The summed E-state index contributed by atoms with van der Waals surface area (Å²) in [4.78, 5) is 14.7. The standard InChI is InChI=1S/C15H20N2O2/c16-10-11-4-3-8-17(11)15(18)13-7-9-19-14-6-2-1-5-12(13)14/h1-2,5-6,11,13H,3-4,7-10,16H2. The first-order chi connectivity index (χ1) is 9.31. The van der Waals surface area contributed by atoms with Gasteiger partial charge >= 0.3 is 0 Å². The first-order valence-corrected chi connectivity index (χ1v) is 7.03. The zero-order valence-corrected chi connectivity index (χ0v) is 11.0. The summed E-state index contributed by atoms with van der Waals surface area (Å²) in [6.45, 7) is 2.03. The van der Waals surface area contributed by atoms with Crippen molar-refractivity contribution in [3.63, 3.8) is 0 Å². The van der Waals surface area contributed by atoms with Crippen molar-refractivity contribution >= 4 is 5.91 Å². The average Bonchev–Trinajstić information content (AvgIpc) is 2.94. The van der Waals surface area contributed by atoms with Crippen LogP contribution in [0.2, 0.25) is 0 Å². The van der Waals surface area contributed by atoms with E-state index in [-0.39, 0.29) is 17.9 Å². The predicted octanol–water partition coefficient (Wildman–Crippen LogP) is 1.50. The quantitative estimate of drug-likeness (QED) is 0.876. The van der Waals surface area contributed by atoms with E-state index in [4.69, 9.17) is 10.5 Å².